The average molecular weight is 359 g/mol. The minimum atomic E-state index is -2.55. The standard InChI is InChI=1S/C13H9BrF2N2OS/c14-8-4-3-7-17-11(8)12(19)18-9-5-1-2-6-10(9)20-13(15)16/h1-7,13H,(H,18,19). The molecule has 0 spiro atoms. The Labute approximate surface area is 126 Å². The van der Waals surface area contributed by atoms with E-state index < -0.39 is 11.7 Å². The molecule has 0 aliphatic carbocycles. The van der Waals surface area contributed by atoms with Gasteiger partial charge in [-0.05, 0) is 40.2 Å². The Morgan fingerprint density at radius 1 is 1.25 bits per heavy atom. The van der Waals surface area contributed by atoms with Crippen LogP contribution in [0.3, 0.4) is 0 Å². The zero-order valence-corrected chi connectivity index (χ0v) is 12.4. The first kappa shape index (κ1) is 14.9. The zero-order chi connectivity index (χ0) is 14.5. The highest BCUT2D eigenvalue weighted by Gasteiger charge is 2.15. The van der Waals surface area contributed by atoms with Crippen molar-refractivity contribution in [2.24, 2.45) is 0 Å². The van der Waals surface area contributed by atoms with Crippen LogP contribution in [0.5, 0.6) is 0 Å². The van der Waals surface area contributed by atoms with Crippen LogP contribution in [0, 0.1) is 0 Å². The van der Waals surface area contributed by atoms with E-state index in [9.17, 15) is 13.6 Å². The van der Waals surface area contributed by atoms with Gasteiger partial charge in [-0.25, -0.2) is 4.98 Å². The van der Waals surface area contributed by atoms with Gasteiger partial charge in [0.25, 0.3) is 11.7 Å². The van der Waals surface area contributed by atoms with Crippen molar-refractivity contribution in [2.75, 3.05) is 5.32 Å². The van der Waals surface area contributed by atoms with Crippen molar-refractivity contribution in [2.45, 2.75) is 10.7 Å². The Hall–Kier alpha value is -1.47. The molecule has 1 heterocycles. The molecule has 0 fully saturated rings. The molecule has 1 N–H and O–H groups in total. The van der Waals surface area contributed by atoms with Crippen molar-refractivity contribution >= 4 is 39.3 Å². The molecule has 0 saturated carbocycles. The Morgan fingerprint density at radius 2 is 2.00 bits per heavy atom. The summed E-state index contributed by atoms with van der Waals surface area (Å²) in [5, 5.41) is 2.59. The third kappa shape index (κ3) is 3.77. The van der Waals surface area contributed by atoms with Gasteiger partial charge in [0, 0.05) is 15.6 Å². The smallest absolute Gasteiger partial charge is 0.288 e. The highest BCUT2D eigenvalue weighted by atomic mass is 79.9. The fourth-order valence-electron chi connectivity index (χ4n) is 1.50. The number of nitrogens with zero attached hydrogens (tertiary/aromatic N) is 1. The number of carbonyl (C=O) groups excluding carboxylic acids is 1. The summed E-state index contributed by atoms with van der Waals surface area (Å²) in [5.74, 6) is -3.01. The van der Waals surface area contributed by atoms with Gasteiger partial charge in [0.1, 0.15) is 5.69 Å². The molecule has 0 radical (unpaired) electrons. The monoisotopic (exact) mass is 358 g/mol. The zero-order valence-electron chi connectivity index (χ0n) is 10.0. The number of carbonyl (C=O) groups is 1. The predicted molar refractivity (Wildman–Crippen MR) is 78.2 cm³/mol. The van der Waals surface area contributed by atoms with Crippen molar-refractivity contribution in [1.82, 2.24) is 4.98 Å². The van der Waals surface area contributed by atoms with Crippen LogP contribution in [-0.2, 0) is 0 Å². The number of benzene rings is 1. The lowest BCUT2D eigenvalue weighted by atomic mass is 10.3. The molecule has 0 atom stereocenters. The van der Waals surface area contributed by atoms with Crippen LogP contribution in [0.4, 0.5) is 14.5 Å². The van der Waals surface area contributed by atoms with Gasteiger partial charge >= 0.3 is 0 Å². The van der Waals surface area contributed by atoms with Crippen LogP contribution in [0.15, 0.2) is 52.0 Å². The Balaban J connectivity index is 2.22. The van der Waals surface area contributed by atoms with Crippen LogP contribution >= 0.6 is 27.7 Å². The second-order valence-corrected chi connectivity index (χ2v) is 5.55. The number of rotatable bonds is 4. The summed E-state index contributed by atoms with van der Waals surface area (Å²) in [7, 11) is 0. The number of pyridine rings is 1. The van der Waals surface area contributed by atoms with Crippen LogP contribution in [-0.4, -0.2) is 16.6 Å². The normalized spacial score (nSPS) is 10.6. The highest BCUT2D eigenvalue weighted by molar-refractivity contribution is 9.10. The number of aromatic nitrogens is 1. The van der Waals surface area contributed by atoms with Crippen molar-refractivity contribution < 1.29 is 13.6 Å². The number of para-hydroxylation sites is 1. The summed E-state index contributed by atoms with van der Waals surface area (Å²) in [6, 6.07) is 9.76. The van der Waals surface area contributed by atoms with Crippen LogP contribution < -0.4 is 5.32 Å². The van der Waals surface area contributed by atoms with E-state index in [1.807, 2.05) is 0 Å². The van der Waals surface area contributed by atoms with Gasteiger partial charge < -0.3 is 5.32 Å². The first-order valence-corrected chi connectivity index (χ1v) is 7.21. The number of nitrogens with one attached hydrogen (secondary N) is 1. The maximum Gasteiger partial charge on any atom is 0.288 e. The van der Waals surface area contributed by atoms with Gasteiger partial charge in [-0.1, -0.05) is 23.9 Å². The molecule has 0 aliphatic heterocycles. The molecule has 0 aliphatic rings. The topological polar surface area (TPSA) is 42.0 Å². The number of hydrogen-bond acceptors (Lipinski definition) is 3. The van der Waals surface area contributed by atoms with E-state index >= 15 is 0 Å². The second-order valence-electron chi connectivity index (χ2n) is 3.66. The molecule has 2 rings (SSSR count). The lowest BCUT2D eigenvalue weighted by Crippen LogP contribution is -2.14. The van der Waals surface area contributed by atoms with E-state index in [0.29, 0.717) is 26.8 Å². The number of anilines is 1. The molecule has 2 aromatic rings. The molecule has 1 aromatic carbocycles. The Morgan fingerprint density at radius 3 is 2.70 bits per heavy atom. The van der Waals surface area contributed by atoms with Gasteiger partial charge in [-0.15, -0.1) is 0 Å². The molecule has 20 heavy (non-hydrogen) atoms. The van der Waals surface area contributed by atoms with Gasteiger partial charge in [0.15, 0.2) is 0 Å². The Bertz CT molecular complexity index is 625. The van der Waals surface area contributed by atoms with Crippen LogP contribution in [0.25, 0.3) is 0 Å². The quantitative estimate of drug-likeness (QED) is 0.823. The number of alkyl halides is 2. The van der Waals surface area contributed by atoms with E-state index in [1.54, 1.807) is 30.3 Å². The van der Waals surface area contributed by atoms with E-state index in [-0.39, 0.29) is 5.69 Å². The van der Waals surface area contributed by atoms with Crippen molar-refractivity contribution in [3.63, 3.8) is 0 Å². The first-order chi connectivity index (χ1) is 9.58. The maximum atomic E-state index is 12.5. The Kier molecular flexibility index (Phi) is 5.08. The number of halogens is 3. The van der Waals surface area contributed by atoms with Gasteiger partial charge in [-0.2, -0.15) is 8.78 Å². The summed E-state index contributed by atoms with van der Waals surface area (Å²) in [6.07, 6.45) is 1.49. The van der Waals surface area contributed by atoms with Crippen LogP contribution in [0.2, 0.25) is 0 Å². The minimum Gasteiger partial charge on any atom is -0.320 e. The molecule has 0 unspecified atom stereocenters. The molecule has 1 aromatic heterocycles. The molecule has 3 nitrogen and oxygen atoms in total. The predicted octanol–water partition coefficient (Wildman–Crippen LogP) is 4.41. The lowest BCUT2D eigenvalue weighted by Gasteiger charge is -2.10. The number of amides is 1. The summed E-state index contributed by atoms with van der Waals surface area (Å²) >= 11 is 3.61. The highest BCUT2D eigenvalue weighted by Crippen LogP contribution is 2.32. The van der Waals surface area contributed by atoms with E-state index in [4.69, 9.17) is 0 Å². The summed E-state index contributed by atoms with van der Waals surface area (Å²) in [5.41, 5.74) is 0.532. The summed E-state index contributed by atoms with van der Waals surface area (Å²) in [4.78, 5) is 16.3. The van der Waals surface area contributed by atoms with Gasteiger partial charge in [-0.3, -0.25) is 4.79 Å². The number of hydrogen-bond donors (Lipinski definition) is 1. The van der Waals surface area contributed by atoms with Crippen molar-refractivity contribution in [3.8, 4) is 0 Å². The fourth-order valence-corrected chi connectivity index (χ4v) is 2.53. The molecule has 0 saturated heterocycles. The number of thioether (sulfide) groups is 1. The van der Waals surface area contributed by atoms with E-state index in [1.165, 1.54) is 12.3 Å². The largest absolute Gasteiger partial charge is 0.320 e. The van der Waals surface area contributed by atoms with Crippen molar-refractivity contribution in [1.29, 1.82) is 0 Å². The van der Waals surface area contributed by atoms with E-state index in [0.717, 1.165) is 0 Å². The second kappa shape index (κ2) is 6.81. The summed E-state index contributed by atoms with van der Waals surface area (Å²) in [6.45, 7) is 0. The van der Waals surface area contributed by atoms with Crippen LogP contribution in [0.1, 0.15) is 10.5 Å². The van der Waals surface area contributed by atoms with Crippen molar-refractivity contribution in [3.05, 3.63) is 52.8 Å². The molecule has 7 heteroatoms. The molecule has 104 valence electrons. The van der Waals surface area contributed by atoms with Gasteiger partial charge in [0.05, 0.1) is 5.69 Å². The fraction of sp³-hybridized carbons (Fsp3) is 0.0769. The third-order valence-electron chi connectivity index (χ3n) is 2.32. The SMILES string of the molecule is O=C(Nc1ccccc1SC(F)F)c1ncccc1Br. The third-order valence-corrected chi connectivity index (χ3v) is 3.75. The minimum absolute atomic E-state index is 0.198. The molecular weight excluding hydrogens is 350 g/mol. The molecule has 0 bridgehead atoms. The average Bonchev–Trinajstić information content (AvgIpc) is 2.41. The van der Waals surface area contributed by atoms with Gasteiger partial charge in [0.2, 0.25) is 0 Å². The summed E-state index contributed by atoms with van der Waals surface area (Å²) < 4.78 is 25.4. The lowest BCUT2D eigenvalue weighted by molar-refractivity contribution is 0.102. The maximum absolute atomic E-state index is 12.5. The first-order valence-electron chi connectivity index (χ1n) is 5.53. The molecular formula is C13H9BrF2N2OS. The molecule has 1 amide bonds. The van der Waals surface area contributed by atoms with E-state index in [2.05, 4.69) is 26.2 Å².